The van der Waals surface area contributed by atoms with Crippen LogP contribution in [-0.4, -0.2) is 0 Å². The molecule has 0 aliphatic heterocycles. The molecule has 0 saturated heterocycles. The minimum atomic E-state index is 0. The molecule has 28 heavy (non-hydrogen) atoms. The van der Waals surface area contributed by atoms with Crippen LogP contribution in [0.15, 0.2) is 49.1 Å². The van der Waals surface area contributed by atoms with Gasteiger partial charge in [-0.15, -0.1) is 0 Å². The summed E-state index contributed by atoms with van der Waals surface area (Å²) in [5.74, 6) is 0. The molecular formula is C24H38Cl2N2. The van der Waals surface area contributed by atoms with Crippen LogP contribution >= 0.6 is 0 Å². The number of aromatic nitrogens is 2. The number of nitrogens with zero attached hydrogens (tertiary/aromatic N) is 2. The number of halogens is 2. The molecule has 0 saturated carbocycles. The lowest BCUT2D eigenvalue weighted by Gasteiger charge is -2.17. The molecule has 0 aliphatic carbocycles. The van der Waals surface area contributed by atoms with Crippen LogP contribution in [0.3, 0.4) is 0 Å². The van der Waals surface area contributed by atoms with Crippen LogP contribution in [0, 0.1) is 0 Å². The summed E-state index contributed by atoms with van der Waals surface area (Å²) < 4.78 is 4.63. The second-order valence-electron chi connectivity index (χ2n) is 9.56. The van der Waals surface area contributed by atoms with E-state index in [1.807, 2.05) is 0 Å². The Bertz CT molecular complexity index is 604. The Labute approximate surface area is 185 Å². The Balaban J connectivity index is 0.00000364. The largest absolute Gasteiger partial charge is 1.00 e. The van der Waals surface area contributed by atoms with E-state index in [9.17, 15) is 0 Å². The monoisotopic (exact) mass is 424 g/mol. The Morgan fingerprint density at radius 3 is 1.07 bits per heavy atom. The Morgan fingerprint density at radius 1 is 0.536 bits per heavy atom. The van der Waals surface area contributed by atoms with Crippen LogP contribution in [0.4, 0.5) is 0 Å². The first-order valence-corrected chi connectivity index (χ1v) is 10.2. The molecule has 0 aromatic carbocycles. The molecule has 0 aliphatic rings. The molecule has 2 aromatic heterocycles. The fraction of sp³-hybridized carbons (Fsp3) is 0.583. The Morgan fingerprint density at radius 2 is 0.821 bits per heavy atom. The van der Waals surface area contributed by atoms with Crippen molar-refractivity contribution in [3.05, 3.63) is 60.2 Å². The van der Waals surface area contributed by atoms with E-state index in [0.29, 0.717) is 0 Å². The average Bonchev–Trinajstić information content (AvgIpc) is 2.57. The van der Waals surface area contributed by atoms with Gasteiger partial charge in [0, 0.05) is 37.1 Å². The van der Waals surface area contributed by atoms with E-state index in [2.05, 4.69) is 99.7 Å². The van der Waals surface area contributed by atoms with Crippen molar-refractivity contribution in [2.24, 2.45) is 0 Å². The van der Waals surface area contributed by atoms with Gasteiger partial charge in [-0.1, -0.05) is 41.5 Å². The van der Waals surface area contributed by atoms with Crippen LogP contribution < -0.4 is 33.9 Å². The predicted molar refractivity (Wildman–Crippen MR) is 109 cm³/mol. The van der Waals surface area contributed by atoms with E-state index in [0.717, 1.165) is 13.1 Å². The summed E-state index contributed by atoms with van der Waals surface area (Å²) in [6.07, 6.45) is 14.0. The van der Waals surface area contributed by atoms with Gasteiger partial charge in [0.1, 0.15) is 13.1 Å². The highest BCUT2D eigenvalue weighted by Gasteiger charge is 2.15. The average molecular weight is 425 g/mol. The zero-order valence-electron chi connectivity index (χ0n) is 18.5. The number of hydrogen-bond donors (Lipinski definition) is 0. The van der Waals surface area contributed by atoms with Crippen molar-refractivity contribution < 1.29 is 33.9 Å². The number of aryl methyl sites for hydroxylation is 2. The van der Waals surface area contributed by atoms with Crippen LogP contribution in [0.25, 0.3) is 0 Å². The molecule has 0 unspecified atom stereocenters. The summed E-state index contributed by atoms with van der Waals surface area (Å²) in [5, 5.41) is 0. The predicted octanol–water partition coefficient (Wildman–Crippen LogP) is -0.875. The zero-order valence-corrected chi connectivity index (χ0v) is 20.0. The van der Waals surface area contributed by atoms with Gasteiger partial charge in [0.15, 0.2) is 24.8 Å². The van der Waals surface area contributed by atoms with E-state index >= 15 is 0 Å². The van der Waals surface area contributed by atoms with Gasteiger partial charge in [-0.2, -0.15) is 0 Å². The molecule has 0 amide bonds. The zero-order chi connectivity index (χ0) is 19.2. The summed E-state index contributed by atoms with van der Waals surface area (Å²) in [6.45, 7) is 15.8. The third-order valence-electron chi connectivity index (χ3n) is 5.10. The van der Waals surface area contributed by atoms with E-state index in [4.69, 9.17) is 0 Å². The van der Waals surface area contributed by atoms with Crippen molar-refractivity contribution >= 4 is 0 Å². The fourth-order valence-electron chi connectivity index (χ4n) is 3.16. The smallest absolute Gasteiger partial charge is 0.169 e. The van der Waals surface area contributed by atoms with Gasteiger partial charge < -0.3 is 24.8 Å². The second-order valence-corrected chi connectivity index (χ2v) is 9.56. The van der Waals surface area contributed by atoms with Gasteiger partial charge in [-0.25, -0.2) is 9.13 Å². The topological polar surface area (TPSA) is 7.76 Å². The molecule has 0 atom stereocenters. The Hall–Kier alpha value is -1.12. The van der Waals surface area contributed by atoms with E-state index in [1.54, 1.807) is 0 Å². The van der Waals surface area contributed by atoms with Gasteiger partial charge in [0.05, 0.1) is 0 Å². The van der Waals surface area contributed by atoms with Crippen molar-refractivity contribution in [1.29, 1.82) is 0 Å². The lowest BCUT2D eigenvalue weighted by atomic mass is 9.88. The van der Waals surface area contributed by atoms with Crippen molar-refractivity contribution in [1.82, 2.24) is 0 Å². The minimum absolute atomic E-state index is 0. The maximum atomic E-state index is 2.31. The minimum Gasteiger partial charge on any atom is -1.00 e. The van der Waals surface area contributed by atoms with E-state index < -0.39 is 0 Å². The molecule has 2 nitrogen and oxygen atoms in total. The molecular weight excluding hydrogens is 387 g/mol. The SMILES string of the molecule is CC(C)(C)c1cc[n+](CCCCCC[n+]2ccc(C(C)(C)C)cc2)cc1.[Cl-].[Cl-]. The maximum absolute atomic E-state index is 2.31. The summed E-state index contributed by atoms with van der Waals surface area (Å²) in [6, 6.07) is 9.05. The molecule has 2 rings (SSSR count). The normalized spacial score (nSPS) is 11.5. The number of pyridine rings is 2. The maximum Gasteiger partial charge on any atom is 0.169 e. The molecule has 0 fully saturated rings. The number of unbranched alkanes of at least 4 members (excludes halogenated alkanes) is 3. The van der Waals surface area contributed by atoms with Crippen LogP contribution in [0.5, 0.6) is 0 Å². The van der Waals surface area contributed by atoms with Crippen molar-refractivity contribution in [3.8, 4) is 0 Å². The molecule has 0 spiro atoms. The summed E-state index contributed by atoms with van der Waals surface area (Å²) >= 11 is 0. The Kier molecular flexibility index (Phi) is 11.3. The van der Waals surface area contributed by atoms with Gasteiger partial charge >= 0.3 is 0 Å². The third-order valence-corrected chi connectivity index (χ3v) is 5.10. The van der Waals surface area contributed by atoms with Gasteiger partial charge in [-0.05, 0) is 34.8 Å². The first kappa shape index (κ1) is 26.9. The molecule has 2 aromatic rings. The molecule has 4 heteroatoms. The summed E-state index contributed by atoms with van der Waals surface area (Å²) in [5.41, 5.74) is 3.29. The molecule has 158 valence electrons. The quantitative estimate of drug-likeness (QED) is 0.403. The highest BCUT2D eigenvalue weighted by atomic mass is 35.5. The number of hydrogen-bond acceptors (Lipinski definition) is 0. The fourth-order valence-corrected chi connectivity index (χ4v) is 3.16. The van der Waals surface area contributed by atoms with Gasteiger partial charge in [0.2, 0.25) is 0 Å². The van der Waals surface area contributed by atoms with Gasteiger partial charge in [-0.3, -0.25) is 0 Å². The lowest BCUT2D eigenvalue weighted by Crippen LogP contribution is -3.00. The van der Waals surface area contributed by atoms with Crippen LogP contribution in [-0.2, 0) is 23.9 Å². The standard InChI is InChI=1S/C24H38N2.2ClH/c1-23(2,3)21-11-17-25(18-12-21)15-9-7-8-10-16-26-19-13-22(14-20-26)24(4,5)6;;/h11-14,17-20H,7-10,15-16H2,1-6H3;2*1H/q+2;;/p-2. The van der Waals surface area contributed by atoms with Crippen LogP contribution in [0.1, 0.15) is 78.4 Å². The van der Waals surface area contributed by atoms with Gasteiger partial charge in [0.25, 0.3) is 0 Å². The number of rotatable bonds is 7. The molecule has 2 heterocycles. The molecule has 0 bridgehead atoms. The first-order valence-electron chi connectivity index (χ1n) is 10.2. The molecule has 0 radical (unpaired) electrons. The van der Waals surface area contributed by atoms with E-state index in [-0.39, 0.29) is 35.6 Å². The third kappa shape index (κ3) is 8.92. The highest BCUT2D eigenvalue weighted by Crippen LogP contribution is 2.21. The second kappa shape index (κ2) is 11.8. The van der Waals surface area contributed by atoms with Crippen LogP contribution in [0.2, 0.25) is 0 Å². The highest BCUT2D eigenvalue weighted by molar-refractivity contribution is 5.18. The van der Waals surface area contributed by atoms with Crippen molar-refractivity contribution in [3.63, 3.8) is 0 Å². The first-order chi connectivity index (χ1) is 12.2. The van der Waals surface area contributed by atoms with Crippen molar-refractivity contribution in [2.45, 2.75) is 91.1 Å². The van der Waals surface area contributed by atoms with Crippen molar-refractivity contribution in [2.75, 3.05) is 0 Å². The summed E-state index contributed by atoms with van der Waals surface area (Å²) in [4.78, 5) is 0. The summed E-state index contributed by atoms with van der Waals surface area (Å²) in [7, 11) is 0. The lowest BCUT2D eigenvalue weighted by molar-refractivity contribution is -0.699. The van der Waals surface area contributed by atoms with E-state index in [1.165, 1.54) is 36.8 Å². The molecule has 0 N–H and O–H groups in total.